The van der Waals surface area contributed by atoms with Crippen LogP contribution in [0.4, 0.5) is 5.69 Å². The van der Waals surface area contributed by atoms with Crippen molar-refractivity contribution in [1.29, 1.82) is 0 Å². The lowest BCUT2D eigenvalue weighted by Gasteiger charge is -2.20. The molecule has 0 atom stereocenters. The Morgan fingerprint density at radius 1 is 1.12 bits per heavy atom. The molecule has 0 aliphatic rings. The Morgan fingerprint density at radius 2 is 1.81 bits per heavy atom. The molecule has 0 unspecified atom stereocenters. The molecule has 26 heavy (non-hydrogen) atoms. The van der Waals surface area contributed by atoms with Crippen molar-refractivity contribution in [3.8, 4) is 0 Å². The molecule has 0 radical (unpaired) electrons. The highest BCUT2D eigenvalue weighted by Crippen LogP contribution is 2.23. The second-order valence-corrected chi connectivity index (χ2v) is 8.59. The third-order valence-electron chi connectivity index (χ3n) is 3.59. The van der Waals surface area contributed by atoms with E-state index in [1.807, 2.05) is 20.8 Å². The maximum atomic E-state index is 12.6. The average molecular weight is 372 g/mol. The van der Waals surface area contributed by atoms with E-state index in [0.29, 0.717) is 22.3 Å². The molecular formula is C18H20N4O3S. The number of H-pyrrole nitrogens is 1. The van der Waals surface area contributed by atoms with Gasteiger partial charge in [0.15, 0.2) is 0 Å². The summed E-state index contributed by atoms with van der Waals surface area (Å²) in [6.07, 6.45) is 3.00. The van der Waals surface area contributed by atoms with Crippen LogP contribution in [0.3, 0.4) is 0 Å². The fraction of sp³-hybridized carbons (Fsp3) is 0.222. The SMILES string of the molecule is CC(C)(C)NC(=O)c1ccc(NS(=O)(=O)c2c[nH]c3ncccc23)cc1. The first-order valence-corrected chi connectivity index (χ1v) is 9.51. The highest BCUT2D eigenvalue weighted by molar-refractivity contribution is 7.93. The number of benzene rings is 1. The van der Waals surface area contributed by atoms with Crippen LogP contribution in [0.1, 0.15) is 31.1 Å². The summed E-state index contributed by atoms with van der Waals surface area (Å²) >= 11 is 0. The number of nitrogens with one attached hydrogen (secondary N) is 3. The maximum absolute atomic E-state index is 12.6. The minimum absolute atomic E-state index is 0.121. The fourth-order valence-corrected chi connectivity index (χ4v) is 3.69. The van der Waals surface area contributed by atoms with Crippen molar-refractivity contribution in [2.45, 2.75) is 31.2 Å². The summed E-state index contributed by atoms with van der Waals surface area (Å²) in [5.41, 5.74) is 0.984. The molecule has 7 nitrogen and oxygen atoms in total. The van der Waals surface area contributed by atoms with E-state index < -0.39 is 10.0 Å². The first-order chi connectivity index (χ1) is 12.2. The molecule has 0 aliphatic heterocycles. The van der Waals surface area contributed by atoms with Crippen molar-refractivity contribution < 1.29 is 13.2 Å². The lowest BCUT2D eigenvalue weighted by Crippen LogP contribution is -2.40. The van der Waals surface area contributed by atoms with E-state index >= 15 is 0 Å². The van der Waals surface area contributed by atoms with Crippen molar-refractivity contribution in [3.63, 3.8) is 0 Å². The summed E-state index contributed by atoms with van der Waals surface area (Å²) in [4.78, 5) is 19.2. The standard InChI is InChI=1S/C18H20N4O3S/c1-18(2,3)21-17(23)12-6-8-13(9-7-12)22-26(24,25)15-11-20-16-14(15)5-4-10-19-16/h4-11,22H,1-3H3,(H,19,20)(H,21,23). The van der Waals surface area contributed by atoms with Gasteiger partial charge in [0.25, 0.3) is 15.9 Å². The van der Waals surface area contributed by atoms with Gasteiger partial charge in [0.2, 0.25) is 0 Å². The number of amides is 1. The van der Waals surface area contributed by atoms with Crippen LogP contribution >= 0.6 is 0 Å². The fourth-order valence-electron chi connectivity index (χ4n) is 2.47. The number of nitrogens with zero attached hydrogens (tertiary/aromatic N) is 1. The zero-order valence-corrected chi connectivity index (χ0v) is 15.5. The van der Waals surface area contributed by atoms with Gasteiger partial charge >= 0.3 is 0 Å². The molecule has 2 heterocycles. The van der Waals surface area contributed by atoms with E-state index in [1.54, 1.807) is 42.6 Å². The van der Waals surface area contributed by atoms with Crippen LogP contribution < -0.4 is 10.0 Å². The van der Waals surface area contributed by atoms with Crippen molar-refractivity contribution in [1.82, 2.24) is 15.3 Å². The lowest BCUT2D eigenvalue weighted by atomic mass is 10.1. The van der Waals surface area contributed by atoms with E-state index in [2.05, 4.69) is 20.0 Å². The first kappa shape index (κ1) is 17.9. The number of hydrogen-bond acceptors (Lipinski definition) is 4. The van der Waals surface area contributed by atoms with Crippen LogP contribution in [0.15, 0.2) is 53.7 Å². The van der Waals surface area contributed by atoms with Gasteiger partial charge in [0.05, 0.1) is 0 Å². The minimum atomic E-state index is -3.78. The number of rotatable bonds is 4. The highest BCUT2D eigenvalue weighted by Gasteiger charge is 2.20. The molecule has 3 rings (SSSR count). The second-order valence-electron chi connectivity index (χ2n) is 6.94. The van der Waals surface area contributed by atoms with Crippen LogP contribution in [0, 0.1) is 0 Å². The van der Waals surface area contributed by atoms with Gasteiger partial charge in [-0.2, -0.15) is 0 Å². The number of carbonyl (C=O) groups excluding carboxylic acids is 1. The quantitative estimate of drug-likeness (QED) is 0.655. The molecule has 3 N–H and O–H groups in total. The second kappa shape index (κ2) is 6.45. The Morgan fingerprint density at radius 3 is 2.46 bits per heavy atom. The Balaban J connectivity index is 1.81. The summed E-state index contributed by atoms with van der Waals surface area (Å²) in [7, 11) is -3.78. The molecule has 3 aromatic rings. The topological polar surface area (TPSA) is 104 Å². The van der Waals surface area contributed by atoms with Crippen LogP contribution in [0.25, 0.3) is 11.0 Å². The highest BCUT2D eigenvalue weighted by atomic mass is 32.2. The van der Waals surface area contributed by atoms with E-state index in [4.69, 9.17) is 0 Å². The summed E-state index contributed by atoms with van der Waals surface area (Å²) in [5.74, 6) is -0.213. The predicted molar refractivity (Wildman–Crippen MR) is 101 cm³/mol. The molecule has 1 amide bonds. The van der Waals surface area contributed by atoms with Crippen molar-refractivity contribution >= 4 is 32.7 Å². The summed E-state index contributed by atoms with van der Waals surface area (Å²) in [6.45, 7) is 5.68. The summed E-state index contributed by atoms with van der Waals surface area (Å²) in [6, 6.07) is 9.64. The van der Waals surface area contributed by atoms with Gasteiger partial charge in [-0.05, 0) is 57.2 Å². The monoisotopic (exact) mass is 372 g/mol. The third kappa shape index (κ3) is 3.85. The van der Waals surface area contributed by atoms with Crippen molar-refractivity contribution in [2.24, 2.45) is 0 Å². The average Bonchev–Trinajstić information content (AvgIpc) is 2.98. The summed E-state index contributed by atoms with van der Waals surface area (Å²) < 4.78 is 27.8. The molecule has 2 aromatic heterocycles. The van der Waals surface area contributed by atoms with Gasteiger partial charge in [-0.25, -0.2) is 13.4 Å². The largest absolute Gasteiger partial charge is 0.347 e. The van der Waals surface area contributed by atoms with Gasteiger partial charge in [0, 0.05) is 34.6 Å². The zero-order valence-electron chi connectivity index (χ0n) is 14.7. The summed E-state index contributed by atoms with van der Waals surface area (Å²) in [5, 5.41) is 3.37. The number of aromatic amines is 1. The Kier molecular flexibility index (Phi) is 4.45. The van der Waals surface area contributed by atoms with Crippen LogP contribution in [-0.2, 0) is 10.0 Å². The maximum Gasteiger partial charge on any atom is 0.264 e. The number of anilines is 1. The van der Waals surface area contributed by atoms with Gasteiger partial charge in [-0.1, -0.05) is 0 Å². The first-order valence-electron chi connectivity index (χ1n) is 8.03. The predicted octanol–water partition coefficient (Wildman–Crippen LogP) is 2.89. The number of pyridine rings is 1. The molecule has 0 saturated carbocycles. The molecule has 0 aliphatic carbocycles. The molecular weight excluding hydrogens is 352 g/mol. The van der Waals surface area contributed by atoms with E-state index in [1.165, 1.54) is 6.20 Å². The Bertz CT molecular complexity index is 1050. The number of hydrogen-bond donors (Lipinski definition) is 3. The van der Waals surface area contributed by atoms with Crippen molar-refractivity contribution in [2.75, 3.05) is 4.72 Å². The molecule has 0 spiro atoms. The number of carbonyl (C=O) groups is 1. The zero-order chi connectivity index (χ0) is 18.9. The smallest absolute Gasteiger partial charge is 0.264 e. The van der Waals surface area contributed by atoms with E-state index in [9.17, 15) is 13.2 Å². The van der Waals surface area contributed by atoms with E-state index in [0.717, 1.165) is 0 Å². The molecule has 0 fully saturated rings. The van der Waals surface area contributed by atoms with Crippen molar-refractivity contribution in [3.05, 3.63) is 54.4 Å². The lowest BCUT2D eigenvalue weighted by molar-refractivity contribution is 0.0919. The molecule has 136 valence electrons. The van der Waals surface area contributed by atoms with Gasteiger partial charge in [-0.15, -0.1) is 0 Å². The third-order valence-corrected chi connectivity index (χ3v) is 5.01. The van der Waals surface area contributed by atoms with Crippen LogP contribution in [0.2, 0.25) is 0 Å². The normalized spacial score (nSPS) is 12.1. The molecule has 8 heteroatoms. The number of sulfonamides is 1. The number of fused-ring (bicyclic) bond motifs is 1. The Hall–Kier alpha value is -2.87. The van der Waals surface area contributed by atoms with Crippen LogP contribution in [-0.4, -0.2) is 29.8 Å². The van der Waals surface area contributed by atoms with Crippen LogP contribution in [0.5, 0.6) is 0 Å². The number of aromatic nitrogens is 2. The Labute approximate surface area is 151 Å². The molecule has 0 bridgehead atoms. The van der Waals surface area contributed by atoms with Gasteiger partial charge in [-0.3, -0.25) is 9.52 Å². The molecule has 1 aromatic carbocycles. The molecule has 0 saturated heterocycles. The van der Waals surface area contributed by atoms with Gasteiger partial charge in [0.1, 0.15) is 10.5 Å². The van der Waals surface area contributed by atoms with Gasteiger partial charge < -0.3 is 10.3 Å². The van der Waals surface area contributed by atoms with E-state index in [-0.39, 0.29) is 16.3 Å². The minimum Gasteiger partial charge on any atom is -0.347 e.